The second-order valence-corrected chi connectivity index (χ2v) is 5.38. The third-order valence-corrected chi connectivity index (χ3v) is 4.14. The molecule has 4 aromatic rings. The quantitative estimate of drug-likeness (QED) is 0.457. The minimum Gasteiger partial charge on any atom is -0.354 e. The maximum Gasteiger partial charge on any atom is 0.0471 e. The fraction of sp³-hybridized carbons (Fsp3) is 0. The number of hydrogen-bond acceptors (Lipinski definition) is 0. The molecule has 0 bridgehead atoms. The summed E-state index contributed by atoms with van der Waals surface area (Å²) < 4.78 is 1.14. The van der Waals surface area contributed by atoms with Crippen LogP contribution in [0.1, 0.15) is 0 Å². The Morgan fingerprint density at radius 3 is 2.56 bits per heavy atom. The summed E-state index contributed by atoms with van der Waals surface area (Å²) in [4.78, 5) is 3.48. The number of H-pyrrole nitrogens is 1. The lowest BCUT2D eigenvalue weighted by Crippen LogP contribution is -1.75. The fourth-order valence-corrected chi connectivity index (χ4v) is 3.08. The van der Waals surface area contributed by atoms with E-state index in [0.717, 1.165) is 4.47 Å². The van der Waals surface area contributed by atoms with E-state index >= 15 is 0 Å². The molecule has 86 valence electrons. The van der Waals surface area contributed by atoms with Crippen LogP contribution in [0.3, 0.4) is 0 Å². The predicted molar refractivity (Wildman–Crippen MR) is 81.0 cm³/mol. The SMILES string of the molecule is Brc1cccc2cc3c(cc12)[nH]c1ccccc13. The largest absolute Gasteiger partial charge is 0.354 e. The molecule has 3 aromatic carbocycles. The number of benzene rings is 3. The van der Waals surface area contributed by atoms with Gasteiger partial charge in [-0.15, -0.1) is 0 Å². The molecule has 1 heterocycles. The van der Waals surface area contributed by atoms with Gasteiger partial charge in [0.2, 0.25) is 0 Å². The maximum atomic E-state index is 3.61. The van der Waals surface area contributed by atoms with E-state index in [1.165, 1.54) is 32.6 Å². The van der Waals surface area contributed by atoms with Crippen LogP contribution in [-0.4, -0.2) is 4.98 Å². The first-order valence-corrected chi connectivity index (χ1v) is 6.71. The Morgan fingerprint density at radius 2 is 1.61 bits per heavy atom. The van der Waals surface area contributed by atoms with Crippen molar-refractivity contribution >= 4 is 48.5 Å². The van der Waals surface area contributed by atoms with E-state index in [2.05, 4.69) is 75.5 Å². The zero-order chi connectivity index (χ0) is 12.1. The minimum atomic E-state index is 1.14. The molecule has 0 radical (unpaired) electrons. The van der Waals surface area contributed by atoms with Gasteiger partial charge in [0.1, 0.15) is 0 Å². The zero-order valence-electron chi connectivity index (χ0n) is 9.57. The first kappa shape index (κ1) is 10.2. The average molecular weight is 296 g/mol. The Bertz CT molecular complexity index is 889. The normalized spacial score (nSPS) is 11.6. The molecule has 2 heteroatoms. The van der Waals surface area contributed by atoms with Gasteiger partial charge in [-0.05, 0) is 35.0 Å². The smallest absolute Gasteiger partial charge is 0.0471 e. The topological polar surface area (TPSA) is 15.8 Å². The second kappa shape index (κ2) is 3.59. The molecule has 0 aliphatic rings. The molecule has 0 atom stereocenters. The van der Waals surface area contributed by atoms with E-state index in [1.54, 1.807) is 0 Å². The van der Waals surface area contributed by atoms with Crippen LogP contribution in [0.4, 0.5) is 0 Å². The molecular formula is C16H10BrN. The van der Waals surface area contributed by atoms with Crippen LogP contribution in [0.2, 0.25) is 0 Å². The molecular weight excluding hydrogens is 286 g/mol. The van der Waals surface area contributed by atoms with Crippen LogP contribution >= 0.6 is 15.9 Å². The number of rotatable bonds is 0. The molecule has 1 nitrogen and oxygen atoms in total. The van der Waals surface area contributed by atoms with Crippen molar-refractivity contribution in [2.75, 3.05) is 0 Å². The maximum absolute atomic E-state index is 3.61. The van der Waals surface area contributed by atoms with Crippen molar-refractivity contribution in [3.8, 4) is 0 Å². The highest BCUT2D eigenvalue weighted by molar-refractivity contribution is 9.10. The highest BCUT2D eigenvalue weighted by atomic mass is 79.9. The number of aromatic amines is 1. The van der Waals surface area contributed by atoms with Crippen LogP contribution in [0, 0.1) is 0 Å². The van der Waals surface area contributed by atoms with Crippen molar-refractivity contribution in [2.45, 2.75) is 0 Å². The fourth-order valence-electron chi connectivity index (χ4n) is 2.59. The summed E-state index contributed by atoms with van der Waals surface area (Å²) in [6, 6.07) is 19.2. The van der Waals surface area contributed by atoms with E-state index in [9.17, 15) is 0 Å². The van der Waals surface area contributed by atoms with Crippen molar-refractivity contribution in [1.29, 1.82) is 0 Å². The standard InChI is InChI=1S/C16H10BrN/c17-14-6-3-4-10-8-13-11-5-1-2-7-15(11)18-16(13)9-12(10)14/h1-9,18H. The average Bonchev–Trinajstić information content (AvgIpc) is 2.75. The molecule has 0 saturated heterocycles. The summed E-state index contributed by atoms with van der Waals surface area (Å²) in [7, 11) is 0. The van der Waals surface area contributed by atoms with Crippen molar-refractivity contribution in [2.24, 2.45) is 0 Å². The third kappa shape index (κ3) is 1.33. The predicted octanol–water partition coefficient (Wildman–Crippen LogP) is 5.24. The highest BCUT2D eigenvalue weighted by Crippen LogP contribution is 2.32. The van der Waals surface area contributed by atoms with Gasteiger partial charge in [-0.3, -0.25) is 0 Å². The van der Waals surface area contributed by atoms with Gasteiger partial charge in [-0.1, -0.05) is 46.3 Å². The van der Waals surface area contributed by atoms with Gasteiger partial charge in [0.25, 0.3) is 0 Å². The van der Waals surface area contributed by atoms with Crippen molar-refractivity contribution in [3.05, 3.63) is 59.1 Å². The van der Waals surface area contributed by atoms with E-state index < -0.39 is 0 Å². The lowest BCUT2D eigenvalue weighted by atomic mass is 10.1. The Labute approximate surface area is 113 Å². The molecule has 18 heavy (non-hydrogen) atoms. The van der Waals surface area contributed by atoms with Gasteiger partial charge >= 0.3 is 0 Å². The summed E-state index contributed by atoms with van der Waals surface area (Å²) >= 11 is 3.61. The first-order chi connectivity index (χ1) is 8.83. The lowest BCUT2D eigenvalue weighted by molar-refractivity contribution is 1.55. The van der Waals surface area contributed by atoms with E-state index in [-0.39, 0.29) is 0 Å². The van der Waals surface area contributed by atoms with Crippen LogP contribution in [0.25, 0.3) is 32.6 Å². The van der Waals surface area contributed by atoms with Gasteiger partial charge in [-0.25, -0.2) is 0 Å². The summed E-state index contributed by atoms with van der Waals surface area (Å²) in [6.45, 7) is 0. The second-order valence-electron chi connectivity index (χ2n) is 4.53. The van der Waals surface area contributed by atoms with Gasteiger partial charge in [0, 0.05) is 26.3 Å². The number of aromatic nitrogens is 1. The van der Waals surface area contributed by atoms with Gasteiger partial charge in [0.15, 0.2) is 0 Å². The lowest BCUT2D eigenvalue weighted by Gasteiger charge is -2.01. The van der Waals surface area contributed by atoms with Crippen LogP contribution in [-0.2, 0) is 0 Å². The summed E-state index contributed by atoms with van der Waals surface area (Å²) in [6.07, 6.45) is 0. The molecule has 0 amide bonds. The molecule has 0 aliphatic heterocycles. The molecule has 4 rings (SSSR count). The van der Waals surface area contributed by atoms with E-state index in [4.69, 9.17) is 0 Å². The number of fused-ring (bicyclic) bond motifs is 4. The Hall–Kier alpha value is -1.80. The van der Waals surface area contributed by atoms with Crippen molar-refractivity contribution in [3.63, 3.8) is 0 Å². The van der Waals surface area contributed by atoms with E-state index in [0.29, 0.717) is 0 Å². The molecule has 1 aromatic heterocycles. The summed E-state index contributed by atoms with van der Waals surface area (Å²) in [5.41, 5.74) is 2.38. The van der Waals surface area contributed by atoms with E-state index in [1.807, 2.05) is 0 Å². The number of para-hydroxylation sites is 1. The highest BCUT2D eigenvalue weighted by Gasteiger charge is 2.06. The Morgan fingerprint density at radius 1 is 0.722 bits per heavy atom. The zero-order valence-corrected chi connectivity index (χ0v) is 11.2. The molecule has 0 unspecified atom stereocenters. The Balaban J connectivity index is 2.27. The summed E-state index contributed by atoms with van der Waals surface area (Å²) in [5.74, 6) is 0. The van der Waals surface area contributed by atoms with Gasteiger partial charge in [-0.2, -0.15) is 0 Å². The number of halogens is 1. The summed E-state index contributed by atoms with van der Waals surface area (Å²) in [5, 5.41) is 5.09. The van der Waals surface area contributed by atoms with Crippen LogP contribution < -0.4 is 0 Å². The van der Waals surface area contributed by atoms with Crippen LogP contribution in [0.5, 0.6) is 0 Å². The third-order valence-electron chi connectivity index (χ3n) is 3.45. The molecule has 0 spiro atoms. The van der Waals surface area contributed by atoms with Crippen LogP contribution in [0.15, 0.2) is 59.1 Å². The Kier molecular flexibility index (Phi) is 2.03. The molecule has 0 fully saturated rings. The molecule has 0 aliphatic carbocycles. The number of nitrogens with one attached hydrogen (secondary N) is 1. The van der Waals surface area contributed by atoms with Crippen molar-refractivity contribution in [1.82, 2.24) is 4.98 Å². The molecule has 1 N–H and O–H groups in total. The minimum absolute atomic E-state index is 1.14. The van der Waals surface area contributed by atoms with Gasteiger partial charge < -0.3 is 4.98 Å². The van der Waals surface area contributed by atoms with Gasteiger partial charge in [0.05, 0.1) is 0 Å². The first-order valence-electron chi connectivity index (χ1n) is 5.92. The van der Waals surface area contributed by atoms with Crippen molar-refractivity contribution < 1.29 is 0 Å². The monoisotopic (exact) mass is 295 g/mol. The molecule has 0 saturated carbocycles. The number of hydrogen-bond donors (Lipinski definition) is 1.